The molecule has 0 fully saturated rings. The lowest BCUT2D eigenvalue weighted by atomic mass is 10.1. The van der Waals surface area contributed by atoms with Crippen molar-refractivity contribution in [3.8, 4) is 0 Å². The van der Waals surface area contributed by atoms with Crippen molar-refractivity contribution in [3.63, 3.8) is 0 Å². The lowest BCUT2D eigenvalue weighted by Gasteiger charge is -2.21. The lowest BCUT2D eigenvalue weighted by Crippen LogP contribution is -2.42. The van der Waals surface area contributed by atoms with Gasteiger partial charge in [-0.2, -0.15) is 0 Å². The minimum absolute atomic E-state index is 0.0869. The fraction of sp³-hybridized carbons (Fsp3) is 0.357. The Balaban J connectivity index is 2.16. The normalized spacial score (nSPS) is 16.5. The summed E-state index contributed by atoms with van der Waals surface area (Å²) >= 11 is 0. The van der Waals surface area contributed by atoms with Crippen LogP contribution in [0.2, 0.25) is 0 Å². The van der Waals surface area contributed by atoms with Gasteiger partial charge in [0.25, 0.3) is 11.8 Å². The molecule has 1 aliphatic rings. The van der Waals surface area contributed by atoms with Crippen LogP contribution < -0.4 is 5.32 Å². The first-order valence-corrected chi connectivity index (χ1v) is 6.29. The van der Waals surface area contributed by atoms with Crippen LogP contribution in [0, 0.1) is 0 Å². The number of benzene rings is 1. The quantitative estimate of drug-likeness (QED) is 0.610. The number of anilines is 1. The predicted octanol–water partition coefficient (Wildman–Crippen LogP) is 0.248. The van der Waals surface area contributed by atoms with Crippen molar-refractivity contribution in [2.24, 2.45) is 0 Å². The van der Waals surface area contributed by atoms with Crippen LogP contribution in [0.15, 0.2) is 18.2 Å². The van der Waals surface area contributed by atoms with E-state index in [4.69, 9.17) is 0 Å². The van der Waals surface area contributed by atoms with E-state index in [1.165, 1.54) is 33.2 Å². The third-order valence-electron chi connectivity index (χ3n) is 3.35. The molecule has 1 heterocycles. The molecular weight excluding hydrogens is 276 g/mol. The van der Waals surface area contributed by atoms with Crippen LogP contribution in [0.25, 0.3) is 0 Å². The molecule has 2 rings (SSSR count). The van der Waals surface area contributed by atoms with Crippen molar-refractivity contribution in [1.29, 1.82) is 0 Å². The van der Waals surface area contributed by atoms with Gasteiger partial charge in [-0.15, -0.1) is 0 Å². The number of fused-ring (bicyclic) bond motifs is 1. The van der Waals surface area contributed by atoms with Crippen LogP contribution in [0.3, 0.4) is 0 Å². The largest absolute Gasteiger partial charge is 0.467 e. The Kier molecular flexibility index (Phi) is 3.69. The number of amides is 2. The number of ether oxygens (including phenoxy) is 1. The van der Waals surface area contributed by atoms with E-state index in [1.54, 1.807) is 6.07 Å². The monoisotopic (exact) mass is 292 g/mol. The van der Waals surface area contributed by atoms with Gasteiger partial charge in [-0.05, 0) is 25.1 Å². The van der Waals surface area contributed by atoms with Gasteiger partial charge < -0.3 is 15.2 Å². The van der Waals surface area contributed by atoms with Crippen LogP contribution in [0.1, 0.15) is 27.6 Å². The summed E-state index contributed by atoms with van der Waals surface area (Å²) in [5.74, 6) is -1.48. The molecule has 0 radical (unpaired) electrons. The number of hydrogen-bond acceptors (Lipinski definition) is 6. The average molecular weight is 292 g/mol. The molecule has 1 aromatic rings. The van der Waals surface area contributed by atoms with Crippen molar-refractivity contribution >= 4 is 23.5 Å². The molecule has 1 aromatic carbocycles. The summed E-state index contributed by atoms with van der Waals surface area (Å²) in [6, 6.07) is 4.66. The smallest absolute Gasteiger partial charge is 0.339 e. The summed E-state index contributed by atoms with van der Waals surface area (Å²) in [7, 11) is 2.60. The predicted molar refractivity (Wildman–Crippen MR) is 74.0 cm³/mol. The first-order valence-electron chi connectivity index (χ1n) is 6.29. The van der Waals surface area contributed by atoms with Crippen molar-refractivity contribution in [2.45, 2.75) is 12.5 Å². The van der Waals surface area contributed by atoms with Gasteiger partial charge >= 0.3 is 5.97 Å². The van der Waals surface area contributed by atoms with Crippen molar-refractivity contribution in [3.05, 3.63) is 29.3 Å². The van der Waals surface area contributed by atoms with E-state index in [0.717, 1.165) is 4.90 Å². The van der Waals surface area contributed by atoms with Gasteiger partial charge in [0.05, 0.1) is 24.8 Å². The highest BCUT2D eigenvalue weighted by atomic mass is 16.5. The number of rotatable bonds is 4. The summed E-state index contributed by atoms with van der Waals surface area (Å²) in [5, 5.41) is 12.8. The molecule has 0 bridgehead atoms. The van der Waals surface area contributed by atoms with E-state index in [2.05, 4.69) is 10.1 Å². The molecule has 1 atom stereocenters. The van der Waals surface area contributed by atoms with E-state index >= 15 is 0 Å². The van der Waals surface area contributed by atoms with Gasteiger partial charge in [0.15, 0.2) is 5.60 Å². The number of aliphatic hydroxyl groups is 1. The fourth-order valence-electron chi connectivity index (χ4n) is 2.04. The van der Waals surface area contributed by atoms with Gasteiger partial charge in [-0.3, -0.25) is 14.5 Å². The number of carbonyl (C=O) groups excluding carboxylic acids is 3. The number of carbonyl (C=O) groups is 3. The maximum Gasteiger partial charge on any atom is 0.339 e. The molecule has 0 spiro atoms. The van der Waals surface area contributed by atoms with Gasteiger partial charge in [-0.25, -0.2) is 4.79 Å². The van der Waals surface area contributed by atoms with Gasteiger partial charge in [0, 0.05) is 12.7 Å². The Morgan fingerprint density at radius 2 is 1.95 bits per heavy atom. The van der Waals surface area contributed by atoms with Crippen molar-refractivity contribution in [2.75, 3.05) is 26.0 Å². The molecule has 7 heteroatoms. The first-order chi connectivity index (χ1) is 9.77. The Morgan fingerprint density at radius 3 is 2.57 bits per heavy atom. The summed E-state index contributed by atoms with van der Waals surface area (Å²) in [6.45, 7) is 1.23. The zero-order valence-corrected chi connectivity index (χ0v) is 12.0. The van der Waals surface area contributed by atoms with Gasteiger partial charge in [0.1, 0.15) is 0 Å². The third-order valence-corrected chi connectivity index (χ3v) is 3.35. The van der Waals surface area contributed by atoms with Gasteiger partial charge in [0.2, 0.25) is 0 Å². The van der Waals surface area contributed by atoms with Gasteiger partial charge in [-0.1, -0.05) is 0 Å². The fourth-order valence-corrected chi connectivity index (χ4v) is 2.04. The topological polar surface area (TPSA) is 95.9 Å². The molecule has 21 heavy (non-hydrogen) atoms. The van der Waals surface area contributed by atoms with Crippen LogP contribution in [0.5, 0.6) is 0 Å². The van der Waals surface area contributed by atoms with E-state index in [9.17, 15) is 19.5 Å². The van der Waals surface area contributed by atoms with Crippen LogP contribution in [-0.2, 0) is 9.53 Å². The van der Waals surface area contributed by atoms with Crippen molar-refractivity contribution in [1.82, 2.24) is 4.90 Å². The molecule has 0 saturated heterocycles. The van der Waals surface area contributed by atoms with Crippen LogP contribution in [0.4, 0.5) is 5.69 Å². The molecule has 7 nitrogen and oxygen atoms in total. The lowest BCUT2D eigenvalue weighted by molar-refractivity contribution is -0.158. The molecule has 0 saturated carbocycles. The second-order valence-corrected chi connectivity index (χ2v) is 5.05. The zero-order chi connectivity index (χ0) is 15.8. The molecule has 0 aromatic heterocycles. The number of nitrogens with zero attached hydrogens (tertiary/aromatic N) is 1. The van der Waals surface area contributed by atoms with E-state index in [0.29, 0.717) is 16.8 Å². The molecule has 2 amide bonds. The van der Waals surface area contributed by atoms with E-state index < -0.39 is 11.6 Å². The highest BCUT2D eigenvalue weighted by Gasteiger charge is 2.34. The SMILES string of the molecule is COC(=O)C(C)(O)CNc1ccc2c(c1)C(=O)N(C)C2=O. The summed E-state index contributed by atoms with van der Waals surface area (Å²) in [5.41, 5.74) is -0.530. The molecule has 1 unspecified atom stereocenters. The second kappa shape index (κ2) is 5.17. The number of esters is 1. The van der Waals surface area contributed by atoms with Crippen LogP contribution >= 0.6 is 0 Å². The van der Waals surface area contributed by atoms with Crippen molar-refractivity contribution < 1.29 is 24.2 Å². The number of nitrogens with one attached hydrogen (secondary N) is 1. The Bertz CT molecular complexity index is 624. The Morgan fingerprint density at radius 1 is 1.33 bits per heavy atom. The Hall–Kier alpha value is -2.41. The minimum atomic E-state index is -1.69. The van der Waals surface area contributed by atoms with Crippen LogP contribution in [-0.4, -0.2) is 54.1 Å². The zero-order valence-electron chi connectivity index (χ0n) is 12.0. The molecule has 112 valence electrons. The number of imide groups is 1. The highest BCUT2D eigenvalue weighted by Crippen LogP contribution is 2.25. The molecule has 0 aliphatic carbocycles. The molecule has 2 N–H and O–H groups in total. The maximum atomic E-state index is 11.9. The maximum absolute atomic E-state index is 11.9. The standard InChI is InChI=1S/C14H16N2O5/c1-14(20,13(19)21-3)7-15-8-4-5-9-10(6-8)12(18)16(2)11(9)17/h4-6,15,20H,7H2,1-3H3. The first kappa shape index (κ1) is 15.0. The highest BCUT2D eigenvalue weighted by molar-refractivity contribution is 6.21. The minimum Gasteiger partial charge on any atom is -0.467 e. The molecule has 1 aliphatic heterocycles. The Labute approximate surface area is 121 Å². The summed E-state index contributed by atoms with van der Waals surface area (Å²) in [6.07, 6.45) is 0. The third kappa shape index (κ3) is 2.59. The average Bonchev–Trinajstić information content (AvgIpc) is 2.69. The van der Waals surface area contributed by atoms with E-state index in [-0.39, 0.29) is 18.4 Å². The number of methoxy groups -OCH3 is 1. The summed E-state index contributed by atoms with van der Waals surface area (Å²) in [4.78, 5) is 36.0. The summed E-state index contributed by atoms with van der Waals surface area (Å²) < 4.78 is 4.49. The molecular formula is C14H16N2O5. The van der Waals surface area contributed by atoms with E-state index in [1.807, 2.05) is 0 Å². The second-order valence-electron chi connectivity index (χ2n) is 5.05. The number of hydrogen-bond donors (Lipinski definition) is 2.